The number of fused-ring (bicyclic) bond motifs is 1. The average molecular weight is 377 g/mol. The van der Waals surface area contributed by atoms with E-state index < -0.39 is 24.0 Å². The number of piperidine rings is 1. The number of nitrogens with one attached hydrogen (secondary N) is 1. The van der Waals surface area contributed by atoms with Crippen LogP contribution in [-0.2, 0) is 9.59 Å². The molecule has 2 heterocycles. The molecule has 1 fully saturated rings. The number of carboxylic acid groups (broad SMARTS) is 1. The van der Waals surface area contributed by atoms with E-state index in [1.165, 1.54) is 11.0 Å². The van der Waals surface area contributed by atoms with Crippen molar-refractivity contribution in [1.29, 1.82) is 0 Å². The fourth-order valence-electron chi connectivity index (χ4n) is 3.65. The second-order valence-corrected chi connectivity index (χ2v) is 7.10. The number of carbonyl (C=O) groups is 3. The van der Waals surface area contributed by atoms with Gasteiger partial charge >= 0.3 is 5.97 Å². The van der Waals surface area contributed by atoms with Gasteiger partial charge in [0, 0.05) is 16.6 Å². The Balaban J connectivity index is 1.83. The zero-order valence-corrected chi connectivity index (χ0v) is 15.0. The van der Waals surface area contributed by atoms with E-state index in [1.54, 1.807) is 18.2 Å². The Bertz CT molecular complexity index is 749. The van der Waals surface area contributed by atoms with E-state index in [2.05, 4.69) is 5.32 Å². The molecule has 1 saturated heterocycles. The highest BCUT2D eigenvalue weighted by Crippen LogP contribution is 2.28. The Morgan fingerprint density at radius 2 is 1.96 bits per heavy atom. The molecule has 0 aliphatic carbocycles. The highest BCUT2D eigenvalue weighted by Gasteiger charge is 2.41. The minimum absolute atomic E-state index is 0.139. The zero-order chi connectivity index (χ0) is 18.7. The molecule has 0 radical (unpaired) electrons. The largest absolute Gasteiger partial charge is 0.480 e. The van der Waals surface area contributed by atoms with Gasteiger partial charge in [-0.3, -0.25) is 9.59 Å². The molecule has 1 aromatic rings. The second-order valence-electron chi connectivity index (χ2n) is 6.66. The van der Waals surface area contributed by atoms with Gasteiger partial charge in [-0.1, -0.05) is 29.8 Å². The van der Waals surface area contributed by atoms with Crippen molar-refractivity contribution in [2.24, 2.45) is 0 Å². The molecule has 0 saturated carbocycles. The van der Waals surface area contributed by atoms with E-state index in [1.807, 2.05) is 12.2 Å². The molecule has 2 aliphatic heterocycles. The first-order valence-electron chi connectivity index (χ1n) is 8.74. The van der Waals surface area contributed by atoms with Crippen LogP contribution in [0.15, 0.2) is 36.4 Å². The SMILES string of the molecule is O=C(N[C@H]1C/C=C\C[C@H]2CCC[C@@H](C(=O)O)N2C1=O)c1cccc(Cl)c1. The first-order chi connectivity index (χ1) is 12.5. The van der Waals surface area contributed by atoms with Gasteiger partial charge in [-0.2, -0.15) is 0 Å². The summed E-state index contributed by atoms with van der Waals surface area (Å²) >= 11 is 5.92. The van der Waals surface area contributed by atoms with Crippen LogP contribution in [0.1, 0.15) is 42.5 Å². The summed E-state index contributed by atoms with van der Waals surface area (Å²) in [7, 11) is 0. The topological polar surface area (TPSA) is 86.7 Å². The molecule has 6 nitrogen and oxygen atoms in total. The Hall–Kier alpha value is -2.34. The number of amides is 2. The van der Waals surface area contributed by atoms with Gasteiger partial charge in [0.15, 0.2) is 0 Å². The number of hydrogen-bond acceptors (Lipinski definition) is 3. The number of aliphatic carboxylic acids is 1. The molecule has 0 bridgehead atoms. The van der Waals surface area contributed by atoms with E-state index >= 15 is 0 Å². The molecule has 26 heavy (non-hydrogen) atoms. The predicted octanol–water partition coefficient (Wildman–Crippen LogP) is 2.62. The molecule has 138 valence electrons. The lowest BCUT2D eigenvalue weighted by atomic mass is 9.90. The number of hydrogen-bond donors (Lipinski definition) is 2. The third-order valence-electron chi connectivity index (χ3n) is 4.92. The fraction of sp³-hybridized carbons (Fsp3) is 0.421. The molecular formula is C19H21ClN2O4. The number of halogens is 1. The smallest absolute Gasteiger partial charge is 0.326 e. The first-order valence-corrected chi connectivity index (χ1v) is 9.11. The summed E-state index contributed by atoms with van der Waals surface area (Å²) in [6.07, 6.45) is 6.81. The van der Waals surface area contributed by atoms with Gasteiger partial charge in [0.2, 0.25) is 5.91 Å². The maximum Gasteiger partial charge on any atom is 0.326 e. The zero-order valence-electron chi connectivity index (χ0n) is 14.2. The number of carboxylic acids is 1. The predicted molar refractivity (Wildman–Crippen MR) is 97.0 cm³/mol. The number of benzene rings is 1. The van der Waals surface area contributed by atoms with Crippen LogP contribution in [0.25, 0.3) is 0 Å². The summed E-state index contributed by atoms with van der Waals surface area (Å²) in [4.78, 5) is 38.7. The normalized spacial score (nSPS) is 27.0. The van der Waals surface area contributed by atoms with Crippen molar-refractivity contribution in [2.45, 2.75) is 50.2 Å². The Labute approximate surface area is 156 Å². The molecule has 0 aromatic heterocycles. The first kappa shape index (κ1) is 18.5. The maximum atomic E-state index is 13.1. The quantitative estimate of drug-likeness (QED) is 0.794. The lowest BCUT2D eigenvalue weighted by Crippen LogP contribution is -2.59. The second kappa shape index (κ2) is 7.91. The number of carbonyl (C=O) groups excluding carboxylic acids is 2. The lowest BCUT2D eigenvalue weighted by molar-refractivity contribution is -0.156. The molecule has 2 aliphatic rings. The molecule has 1 aromatic carbocycles. The molecule has 7 heteroatoms. The average Bonchev–Trinajstić information content (AvgIpc) is 2.61. The lowest BCUT2D eigenvalue weighted by Gasteiger charge is -2.42. The van der Waals surface area contributed by atoms with Crippen LogP contribution in [0.5, 0.6) is 0 Å². The summed E-state index contributed by atoms with van der Waals surface area (Å²) in [5.41, 5.74) is 0.362. The third kappa shape index (κ3) is 3.90. The number of rotatable bonds is 3. The van der Waals surface area contributed by atoms with Crippen LogP contribution in [-0.4, -0.2) is 45.9 Å². The number of nitrogens with zero attached hydrogens (tertiary/aromatic N) is 1. The minimum atomic E-state index is -0.993. The summed E-state index contributed by atoms with van der Waals surface area (Å²) < 4.78 is 0. The third-order valence-corrected chi connectivity index (χ3v) is 5.16. The van der Waals surface area contributed by atoms with E-state index in [-0.39, 0.29) is 11.9 Å². The molecule has 2 N–H and O–H groups in total. The van der Waals surface area contributed by atoms with Gasteiger partial charge in [0.25, 0.3) is 5.91 Å². The standard InChI is InChI=1S/C19H21ClN2O4/c20-13-6-3-5-12(11-13)17(23)21-15-9-2-1-7-14-8-4-10-16(19(25)26)22(14)18(15)24/h1-3,5-6,11,14-16H,4,7-10H2,(H,21,23)(H,25,26)/b2-1-/t14-,15-,16-/m0/s1. The Kier molecular flexibility index (Phi) is 5.61. The summed E-state index contributed by atoms with van der Waals surface area (Å²) in [6.45, 7) is 0. The molecular weight excluding hydrogens is 356 g/mol. The molecule has 3 atom stereocenters. The van der Waals surface area contributed by atoms with Crippen molar-refractivity contribution in [3.8, 4) is 0 Å². The van der Waals surface area contributed by atoms with Gasteiger partial charge < -0.3 is 15.3 Å². The van der Waals surface area contributed by atoms with E-state index in [0.29, 0.717) is 29.8 Å². The van der Waals surface area contributed by atoms with Gasteiger partial charge in [0.05, 0.1) is 0 Å². The summed E-state index contributed by atoms with van der Waals surface area (Å²) in [6, 6.07) is 4.71. The van der Waals surface area contributed by atoms with Crippen molar-refractivity contribution >= 4 is 29.4 Å². The van der Waals surface area contributed by atoms with Crippen LogP contribution in [0.2, 0.25) is 5.02 Å². The van der Waals surface area contributed by atoms with Gasteiger partial charge in [-0.15, -0.1) is 0 Å². The molecule has 0 spiro atoms. The van der Waals surface area contributed by atoms with Gasteiger partial charge in [-0.05, 0) is 50.3 Å². The van der Waals surface area contributed by atoms with Crippen molar-refractivity contribution in [2.75, 3.05) is 0 Å². The summed E-state index contributed by atoms with van der Waals surface area (Å²) in [5, 5.41) is 12.7. The summed E-state index contributed by atoms with van der Waals surface area (Å²) in [5.74, 6) is -1.73. The van der Waals surface area contributed by atoms with Crippen molar-refractivity contribution in [3.05, 3.63) is 47.0 Å². The van der Waals surface area contributed by atoms with Crippen LogP contribution in [0.4, 0.5) is 0 Å². The van der Waals surface area contributed by atoms with Crippen molar-refractivity contribution < 1.29 is 19.5 Å². The van der Waals surface area contributed by atoms with Crippen molar-refractivity contribution in [3.63, 3.8) is 0 Å². The fourth-order valence-corrected chi connectivity index (χ4v) is 3.84. The molecule has 2 amide bonds. The van der Waals surface area contributed by atoms with Gasteiger partial charge in [0.1, 0.15) is 12.1 Å². The minimum Gasteiger partial charge on any atom is -0.480 e. The molecule has 0 unspecified atom stereocenters. The highest BCUT2D eigenvalue weighted by atomic mass is 35.5. The maximum absolute atomic E-state index is 13.1. The van der Waals surface area contributed by atoms with Crippen molar-refractivity contribution in [1.82, 2.24) is 10.2 Å². The van der Waals surface area contributed by atoms with Gasteiger partial charge in [-0.25, -0.2) is 4.79 Å². The monoisotopic (exact) mass is 376 g/mol. The van der Waals surface area contributed by atoms with Crippen LogP contribution >= 0.6 is 11.6 Å². The Morgan fingerprint density at radius 3 is 2.69 bits per heavy atom. The van der Waals surface area contributed by atoms with E-state index in [0.717, 1.165) is 12.8 Å². The van der Waals surface area contributed by atoms with Crippen LogP contribution in [0, 0.1) is 0 Å². The van der Waals surface area contributed by atoms with Crippen LogP contribution < -0.4 is 5.32 Å². The van der Waals surface area contributed by atoms with Crippen LogP contribution in [0.3, 0.4) is 0 Å². The Morgan fingerprint density at radius 1 is 1.19 bits per heavy atom. The molecule has 3 rings (SSSR count). The van der Waals surface area contributed by atoms with E-state index in [9.17, 15) is 19.5 Å². The van der Waals surface area contributed by atoms with E-state index in [4.69, 9.17) is 11.6 Å². The highest BCUT2D eigenvalue weighted by molar-refractivity contribution is 6.31.